The normalized spacial score (nSPS) is 14.2. The molecule has 0 aliphatic carbocycles. The van der Waals surface area contributed by atoms with Crippen LogP contribution in [0.3, 0.4) is 0 Å². The minimum absolute atomic E-state index is 0.124. The maximum Gasteiger partial charge on any atom is 0.244 e. The number of rotatable bonds is 12. The van der Waals surface area contributed by atoms with Crippen molar-refractivity contribution in [1.29, 1.82) is 0 Å². The molecule has 1 saturated heterocycles. The van der Waals surface area contributed by atoms with Crippen molar-refractivity contribution in [2.45, 2.75) is 30.8 Å². The van der Waals surface area contributed by atoms with E-state index in [1.165, 1.54) is 25.5 Å². The van der Waals surface area contributed by atoms with E-state index >= 15 is 0 Å². The van der Waals surface area contributed by atoms with Gasteiger partial charge in [-0.2, -0.15) is 0 Å². The van der Waals surface area contributed by atoms with Crippen molar-refractivity contribution in [3.8, 4) is 22.6 Å². The summed E-state index contributed by atoms with van der Waals surface area (Å²) in [6, 6.07) is 21.4. The third kappa shape index (κ3) is 6.64. The lowest BCUT2D eigenvalue weighted by atomic mass is 10.0. The molecule has 2 N–H and O–H groups in total. The lowest BCUT2D eigenvalue weighted by Gasteiger charge is -2.17. The number of methoxy groups -OCH3 is 2. The predicted octanol–water partition coefficient (Wildman–Crippen LogP) is 4.03. The first-order chi connectivity index (χ1) is 17.5. The van der Waals surface area contributed by atoms with Gasteiger partial charge in [0.15, 0.2) is 0 Å². The van der Waals surface area contributed by atoms with Crippen LogP contribution in [0.5, 0.6) is 11.5 Å². The van der Waals surface area contributed by atoms with Crippen molar-refractivity contribution in [1.82, 2.24) is 14.9 Å². The number of likely N-dealkylation sites (tertiary alicyclic amines) is 1. The zero-order valence-electron chi connectivity index (χ0n) is 21.0. The van der Waals surface area contributed by atoms with E-state index in [-0.39, 0.29) is 4.90 Å². The zero-order chi connectivity index (χ0) is 25.4. The van der Waals surface area contributed by atoms with Gasteiger partial charge in [-0.1, -0.05) is 42.5 Å². The second-order valence-corrected chi connectivity index (χ2v) is 10.7. The summed E-state index contributed by atoms with van der Waals surface area (Å²) in [6.45, 7) is 4.55. The molecule has 3 aromatic rings. The highest BCUT2D eigenvalue weighted by molar-refractivity contribution is 7.89. The summed E-state index contributed by atoms with van der Waals surface area (Å²) >= 11 is 0. The quantitative estimate of drug-likeness (QED) is 0.384. The molecule has 192 valence electrons. The van der Waals surface area contributed by atoms with Gasteiger partial charge in [0.05, 0.1) is 14.2 Å². The van der Waals surface area contributed by atoms with E-state index in [1.807, 2.05) is 42.5 Å². The Morgan fingerprint density at radius 3 is 2.25 bits per heavy atom. The fourth-order valence-electron chi connectivity index (χ4n) is 4.51. The molecule has 0 saturated carbocycles. The third-order valence-electron chi connectivity index (χ3n) is 6.45. The largest absolute Gasteiger partial charge is 0.496 e. The molecule has 0 atom stereocenters. The molecule has 8 heteroatoms. The molecule has 1 heterocycles. The molecule has 1 fully saturated rings. The van der Waals surface area contributed by atoms with Crippen molar-refractivity contribution < 1.29 is 17.9 Å². The van der Waals surface area contributed by atoms with Crippen LogP contribution in [0, 0.1) is 0 Å². The Kier molecular flexibility index (Phi) is 8.98. The molecule has 0 amide bonds. The third-order valence-corrected chi connectivity index (χ3v) is 7.93. The van der Waals surface area contributed by atoms with Gasteiger partial charge in [0.2, 0.25) is 10.0 Å². The second kappa shape index (κ2) is 12.4. The van der Waals surface area contributed by atoms with Crippen molar-refractivity contribution in [2.24, 2.45) is 0 Å². The average molecular weight is 510 g/mol. The second-order valence-electron chi connectivity index (χ2n) is 8.94. The molecular weight excluding hydrogens is 474 g/mol. The summed E-state index contributed by atoms with van der Waals surface area (Å²) in [5, 5.41) is 3.46. The average Bonchev–Trinajstić information content (AvgIpc) is 3.42. The topological polar surface area (TPSA) is 79.9 Å². The van der Waals surface area contributed by atoms with Crippen molar-refractivity contribution in [3.05, 3.63) is 77.9 Å². The van der Waals surface area contributed by atoms with E-state index in [0.29, 0.717) is 31.1 Å². The van der Waals surface area contributed by atoms with Crippen molar-refractivity contribution in [2.75, 3.05) is 40.4 Å². The molecule has 0 bridgehead atoms. The van der Waals surface area contributed by atoms with Crippen molar-refractivity contribution >= 4 is 10.0 Å². The molecule has 0 aromatic heterocycles. The van der Waals surface area contributed by atoms with E-state index in [0.717, 1.165) is 36.3 Å². The Morgan fingerprint density at radius 2 is 1.53 bits per heavy atom. The van der Waals surface area contributed by atoms with Crippen LogP contribution in [-0.2, 0) is 23.1 Å². The number of hydrogen-bond acceptors (Lipinski definition) is 6. The van der Waals surface area contributed by atoms with E-state index in [4.69, 9.17) is 9.47 Å². The number of sulfonamides is 1. The standard InChI is InChI=1S/C28H35N3O4S/c1-34-26-12-10-23(21-29-20-22-8-4-3-5-9-22)18-25(26)24-11-13-27(35-2)28(19-24)36(32,33)30-14-17-31-15-6-7-16-31/h3-5,8-13,18-19,29-30H,6-7,14-17,20-21H2,1-2H3. The van der Waals surface area contributed by atoms with Gasteiger partial charge >= 0.3 is 0 Å². The van der Waals surface area contributed by atoms with Gasteiger partial charge < -0.3 is 19.7 Å². The van der Waals surface area contributed by atoms with E-state index in [1.54, 1.807) is 19.2 Å². The van der Waals surface area contributed by atoms with E-state index < -0.39 is 10.0 Å². The molecule has 36 heavy (non-hydrogen) atoms. The van der Waals surface area contributed by atoms with Crippen LogP contribution in [0.4, 0.5) is 0 Å². The number of benzene rings is 3. The summed E-state index contributed by atoms with van der Waals surface area (Å²) in [6.07, 6.45) is 2.34. The van der Waals surface area contributed by atoms with Crippen LogP contribution in [-0.4, -0.2) is 53.7 Å². The van der Waals surface area contributed by atoms with Crippen LogP contribution in [0.2, 0.25) is 0 Å². The highest BCUT2D eigenvalue weighted by atomic mass is 32.2. The van der Waals surface area contributed by atoms with Crippen LogP contribution >= 0.6 is 0 Å². The van der Waals surface area contributed by atoms with E-state index in [2.05, 4.69) is 27.1 Å². The summed E-state index contributed by atoms with van der Waals surface area (Å²) in [5.74, 6) is 0.990. The number of ether oxygens (including phenoxy) is 2. The Hall–Kier alpha value is -2.91. The smallest absolute Gasteiger partial charge is 0.244 e. The van der Waals surface area contributed by atoms with Gasteiger partial charge in [-0.05, 0) is 66.9 Å². The summed E-state index contributed by atoms with van der Waals surface area (Å²) in [4.78, 5) is 2.40. The number of nitrogens with zero attached hydrogens (tertiary/aromatic N) is 1. The van der Waals surface area contributed by atoms with Gasteiger partial charge in [-0.3, -0.25) is 0 Å². The number of hydrogen-bond donors (Lipinski definition) is 2. The highest BCUT2D eigenvalue weighted by Crippen LogP contribution is 2.35. The molecule has 0 radical (unpaired) electrons. The first-order valence-corrected chi connectivity index (χ1v) is 13.8. The Morgan fingerprint density at radius 1 is 0.833 bits per heavy atom. The van der Waals surface area contributed by atoms with Crippen LogP contribution < -0.4 is 19.5 Å². The molecule has 0 spiro atoms. The molecule has 0 unspecified atom stereocenters. The highest BCUT2D eigenvalue weighted by Gasteiger charge is 2.22. The molecule has 4 rings (SSSR count). The Balaban J connectivity index is 1.54. The van der Waals surface area contributed by atoms with Crippen LogP contribution in [0.25, 0.3) is 11.1 Å². The molecular formula is C28H35N3O4S. The molecule has 7 nitrogen and oxygen atoms in total. The fourth-order valence-corrected chi connectivity index (χ4v) is 5.73. The minimum Gasteiger partial charge on any atom is -0.496 e. The number of nitrogens with one attached hydrogen (secondary N) is 2. The van der Waals surface area contributed by atoms with Crippen molar-refractivity contribution in [3.63, 3.8) is 0 Å². The van der Waals surface area contributed by atoms with Crippen LogP contribution in [0.15, 0.2) is 71.6 Å². The molecule has 1 aliphatic heterocycles. The summed E-state index contributed by atoms with van der Waals surface area (Å²) in [5.41, 5.74) is 3.87. The van der Waals surface area contributed by atoms with Gasteiger partial charge in [0.25, 0.3) is 0 Å². The minimum atomic E-state index is -3.75. The SMILES string of the molecule is COc1ccc(CNCc2ccccc2)cc1-c1ccc(OC)c(S(=O)(=O)NCCN2CCCC2)c1. The fraction of sp³-hybridized carbons (Fsp3) is 0.357. The zero-order valence-corrected chi connectivity index (χ0v) is 21.8. The lowest BCUT2D eigenvalue weighted by molar-refractivity contribution is 0.344. The summed E-state index contributed by atoms with van der Waals surface area (Å²) < 4.78 is 40.2. The van der Waals surface area contributed by atoms with Gasteiger partial charge in [0.1, 0.15) is 16.4 Å². The maximum atomic E-state index is 13.2. The molecule has 1 aliphatic rings. The Labute approximate surface area is 214 Å². The maximum absolute atomic E-state index is 13.2. The summed E-state index contributed by atoms with van der Waals surface area (Å²) in [7, 11) is -0.652. The first kappa shape index (κ1) is 26.2. The van der Waals surface area contributed by atoms with E-state index in [9.17, 15) is 8.42 Å². The monoisotopic (exact) mass is 509 g/mol. The predicted molar refractivity (Wildman–Crippen MR) is 143 cm³/mol. The van der Waals surface area contributed by atoms with Crippen LogP contribution in [0.1, 0.15) is 24.0 Å². The molecule has 3 aromatic carbocycles. The Bertz CT molecular complexity index is 1240. The lowest BCUT2D eigenvalue weighted by Crippen LogP contribution is -2.33. The van der Waals surface area contributed by atoms with Gasteiger partial charge in [-0.15, -0.1) is 0 Å². The van der Waals surface area contributed by atoms with Gasteiger partial charge in [-0.25, -0.2) is 13.1 Å². The van der Waals surface area contributed by atoms with Gasteiger partial charge in [0, 0.05) is 31.7 Å². The first-order valence-electron chi connectivity index (χ1n) is 12.3.